The number of carboxylic acid groups (broad SMARTS) is 1. The number of ether oxygens (including phenoxy) is 1. The number of aryl methyl sites for hydroxylation is 1. The number of nitrogens with zero attached hydrogens (tertiary/aromatic N) is 1. The summed E-state index contributed by atoms with van der Waals surface area (Å²) in [5.74, 6) is -1.07. The molecule has 1 amide bonds. The van der Waals surface area contributed by atoms with Crippen LogP contribution in [-0.2, 0) is 16.1 Å². The van der Waals surface area contributed by atoms with Crippen LogP contribution in [-0.4, -0.2) is 39.7 Å². The summed E-state index contributed by atoms with van der Waals surface area (Å²) in [6.07, 6.45) is 10.6. The predicted molar refractivity (Wildman–Crippen MR) is 149 cm³/mol. The number of hydrogen-bond donors (Lipinski definition) is 3. The van der Waals surface area contributed by atoms with Gasteiger partial charge in [0, 0.05) is 11.8 Å². The second kappa shape index (κ2) is 15.4. The van der Waals surface area contributed by atoms with E-state index in [-0.39, 0.29) is 26.4 Å². The van der Waals surface area contributed by atoms with Gasteiger partial charge in [-0.25, -0.2) is 4.79 Å². The van der Waals surface area contributed by atoms with Gasteiger partial charge in [0.1, 0.15) is 0 Å². The molecule has 1 aliphatic rings. The van der Waals surface area contributed by atoms with Gasteiger partial charge in [-0.15, -0.1) is 11.3 Å². The van der Waals surface area contributed by atoms with Crippen LogP contribution in [0.15, 0.2) is 54.2 Å². The van der Waals surface area contributed by atoms with Gasteiger partial charge in [0.15, 0.2) is 6.04 Å². The molecule has 2 atom stereocenters. The van der Waals surface area contributed by atoms with Crippen LogP contribution in [0, 0.1) is 12.8 Å². The first kappa shape index (κ1) is 31.1. The first-order chi connectivity index (χ1) is 18.5. The quantitative estimate of drug-likeness (QED) is 0.303. The van der Waals surface area contributed by atoms with E-state index in [2.05, 4.69) is 10.3 Å². The topological polar surface area (TPSA) is 109 Å². The molecule has 2 aromatic carbocycles. The van der Waals surface area contributed by atoms with E-state index in [1.807, 2.05) is 55.0 Å². The van der Waals surface area contributed by atoms with Gasteiger partial charge in [0.05, 0.1) is 29.7 Å². The number of thiazole rings is 1. The van der Waals surface area contributed by atoms with Gasteiger partial charge >= 0.3 is 24.8 Å². The summed E-state index contributed by atoms with van der Waals surface area (Å²) in [6, 6.07) is 11.9. The Morgan fingerprint density at radius 3 is 2.59 bits per heavy atom. The number of amides is 1. The van der Waals surface area contributed by atoms with E-state index in [1.54, 1.807) is 17.4 Å². The number of nitrogens with one attached hydrogen (secondary N) is 1. The zero-order chi connectivity index (χ0) is 26.9. The monoisotopic (exact) mass is 544 g/mol. The summed E-state index contributed by atoms with van der Waals surface area (Å²) >= 11 is 1.61. The molecule has 0 spiro atoms. The third kappa shape index (κ3) is 8.50. The summed E-state index contributed by atoms with van der Waals surface area (Å²) in [5, 5.41) is 21.1. The summed E-state index contributed by atoms with van der Waals surface area (Å²) in [4.78, 5) is 29.8. The predicted octanol–water partition coefficient (Wildman–Crippen LogP) is 3.03. The largest absolute Gasteiger partial charge is 1.00 e. The molecular formula is C30H37LiN2O5S. The van der Waals surface area contributed by atoms with E-state index in [0.29, 0.717) is 17.7 Å². The number of carbonyl (C=O) groups excluding carboxylic acids is 1. The Morgan fingerprint density at radius 2 is 1.92 bits per heavy atom. The molecule has 39 heavy (non-hydrogen) atoms. The van der Waals surface area contributed by atoms with Crippen LogP contribution in [0.1, 0.15) is 78.8 Å². The van der Waals surface area contributed by atoms with Crippen LogP contribution in [0.3, 0.4) is 0 Å². The molecule has 1 saturated carbocycles. The first-order valence-corrected chi connectivity index (χ1v) is 14.2. The van der Waals surface area contributed by atoms with E-state index in [9.17, 15) is 19.8 Å². The van der Waals surface area contributed by atoms with E-state index < -0.39 is 24.5 Å². The second-order valence-corrected chi connectivity index (χ2v) is 10.9. The van der Waals surface area contributed by atoms with Crippen LogP contribution in [0.4, 0.5) is 0 Å². The summed E-state index contributed by atoms with van der Waals surface area (Å²) in [5.41, 5.74) is 5.67. The van der Waals surface area contributed by atoms with Crippen molar-refractivity contribution in [2.45, 2.75) is 70.6 Å². The molecule has 4 rings (SSSR count). The van der Waals surface area contributed by atoms with Crippen molar-refractivity contribution in [3.05, 3.63) is 75.7 Å². The maximum atomic E-state index is 13.1. The number of carboxylic acids is 1. The minimum absolute atomic E-state index is 0. The van der Waals surface area contributed by atoms with Crippen LogP contribution in [0.2, 0.25) is 0 Å². The van der Waals surface area contributed by atoms with Crippen molar-refractivity contribution in [2.75, 3.05) is 6.61 Å². The fourth-order valence-corrected chi connectivity index (χ4v) is 5.85. The SMILES string of the molecule is Cc1ccccc1-c1cc(COC(CCC2CCCCC2)c2cncs2)ccc1C(=O)N[C@@H](CO)C(=O)O.[H-].[Li+]. The summed E-state index contributed by atoms with van der Waals surface area (Å²) in [7, 11) is 0. The second-order valence-electron chi connectivity index (χ2n) is 10.0. The molecule has 1 heterocycles. The standard InChI is InChI=1S/C30H36N2O5S.Li.H/c1-20-7-5-6-10-23(20)25-15-22(11-13-24(25)29(34)32-26(17-33)30(35)36)18-37-27(28-16-31-19-38-28)14-12-21-8-3-2-4-9-21;;/h5-7,10-11,13,15-16,19,21,26-27,33H,2-4,8-9,12,14,17-18H2,1H3,(H,32,34)(H,35,36);;/q;+1;-1/t26-,27?;;/m0../s1. The number of aromatic nitrogens is 1. The zero-order valence-electron chi connectivity index (χ0n) is 23.8. The van der Waals surface area contributed by atoms with Crippen molar-refractivity contribution >= 4 is 23.2 Å². The normalized spacial score (nSPS) is 15.2. The van der Waals surface area contributed by atoms with Gasteiger partial charge in [-0.05, 0) is 60.1 Å². The van der Waals surface area contributed by atoms with Crippen molar-refractivity contribution in [3.63, 3.8) is 0 Å². The molecule has 3 N–H and O–H groups in total. The van der Waals surface area contributed by atoms with E-state index in [0.717, 1.165) is 40.3 Å². The Balaban J connectivity index is 0.00000280. The minimum Gasteiger partial charge on any atom is -1.00 e. The fraction of sp³-hybridized carbons (Fsp3) is 0.433. The minimum atomic E-state index is -1.38. The molecule has 3 aromatic rings. The van der Waals surface area contributed by atoms with Crippen molar-refractivity contribution in [1.82, 2.24) is 10.3 Å². The third-order valence-corrected chi connectivity index (χ3v) is 8.20. The Labute approximate surface area is 247 Å². The number of aliphatic hydroxyl groups is 1. The first-order valence-electron chi connectivity index (χ1n) is 13.3. The maximum absolute atomic E-state index is 13.1. The molecule has 1 fully saturated rings. The van der Waals surface area contributed by atoms with Crippen LogP contribution < -0.4 is 24.2 Å². The molecule has 204 valence electrons. The summed E-state index contributed by atoms with van der Waals surface area (Å²) < 4.78 is 6.46. The Morgan fingerprint density at radius 1 is 1.15 bits per heavy atom. The molecular weight excluding hydrogens is 507 g/mol. The number of aliphatic carboxylic acids is 1. The van der Waals surface area contributed by atoms with Gasteiger partial charge in [-0.3, -0.25) is 9.78 Å². The Hall–Kier alpha value is -2.47. The number of aliphatic hydroxyl groups excluding tert-OH is 1. The average Bonchev–Trinajstić information content (AvgIpc) is 3.47. The fourth-order valence-electron chi connectivity index (χ4n) is 5.15. The molecule has 9 heteroatoms. The zero-order valence-corrected chi connectivity index (χ0v) is 23.6. The van der Waals surface area contributed by atoms with Crippen LogP contribution in [0.25, 0.3) is 11.1 Å². The van der Waals surface area contributed by atoms with Crippen molar-refractivity contribution in [2.24, 2.45) is 5.92 Å². The van der Waals surface area contributed by atoms with Gasteiger partial charge < -0.3 is 21.7 Å². The van der Waals surface area contributed by atoms with E-state index in [1.165, 1.54) is 32.1 Å². The van der Waals surface area contributed by atoms with Crippen molar-refractivity contribution in [3.8, 4) is 11.1 Å². The average molecular weight is 545 g/mol. The number of rotatable bonds is 12. The van der Waals surface area contributed by atoms with E-state index in [4.69, 9.17) is 4.74 Å². The van der Waals surface area contributed by atoms with Crippen molar-refractivity contribution < 1.29 is 44.8 Å². The van der Waals surface area contributed by atoms with Gasteiger partial charge in [-0.1, -0.05) is 62.4 Å². The van der Waals surface area contributed by atoms with Gasteiger partial charge in [0.25, 0.3) is 5.91 Å². The van der Waals surface area contributed by atoms with Crippen LogP contribution in [0.5, 0.6) is 0 Å². The number of hydrogen-bond acceptors (Lipinski definition) is 6. The molecule has 1 aliphatic carbocycles. The van der Waals surface area contributed by atoms with Crippen LogP contribution >= 0.6 is 11.3 Å². The van der Waals surface area contributed by atoms with E-state index >= 15 is 0 Å². The molecule has 1 aromatic heterocycles. The molecule has 7 nitrogen and oxygen atoms in total. The van der Waals surface area contributed by atoms with Gasteiger partial charge in [0.2, 0.25) is 0 Å². The smallest absolute Gasteiger partial charge is 1.00 e. The summed E-state index contributed by atoms with van der Waals surface area (Å²) in [6.45, 7) is 1.66. The molecule has 0 bridgehead atoms. The molecule has 0 saturated heterocycles. The number of benzene rings is 2. The Bertz CT molecular complexity index is 1220. The molecule has 0 aliphatic heterocycles. The van der Waals surface area contributed by atoms with Crippen molar-refractivity contribution in [1.29, 1.82) is 0 Å². The number of carbonyl (C=O) groups is 2. The van der Waals surface area contributed by atoms with Gasteiger partial charge in [-0.2, -0.15) is 0 Å². The Kier molecular flexibility index (Phi) is 12.2. The third-order valence-electron chi connectivity index (χ3n) is 7.33. The molecule has 0 radical (unpaired) electrons. The molecule has 1 unspecified atom stereocenters. The maximum Gasteiger partial charge on any atom is 1.00 e.